The standard InChI is InChI=1S/C17H10BrN3O3/c18-8-1-4-13-11(5-8)17(16(23)21-13)10-3-2-9(22)6-14(10)24-15(20)12(17)7-19/h1-6,22H,20H2,(H,21,23)/t17-/m0/s1. The Morgan fingerprint density at radius 1 is 1.25 bits per heavy atom. The molecule has 2 aliphatic heterocycles. The number of aromatic hydroxyl groups is 1. The molecule has 0 saturated carbocycles. The number of phenols is 1. The Hall–Kier alpha value is -2.98. The van der Waals surface area contributed by atoms with Crippen LogP contribution in [-0.4, -0.2) is 11.0 Å². The van der Waals surface area contributed by atoms with Crippen LogP contribution in [0.25, 0.3) is 0 Å². The number of benzene rings is 2. The van der Waals surface area contributed by atoms with E-state index in [4.69, 9.17) is 10.5 Å². The first-order chi connectivity index (χ1) is 11.5. The zero-order valence-electron chi connectivity index (χ0n) is 12.1. The molecule has 4 N–H and O–H groups in total. The summed E-state index contributed by atoms with van der Waals surface area (Å²) in [5, 5.41) is 22.2. The van der Waals surface area contributed by atoms with E-state index in [1.165, 1.54) is 12.1 Å². The molecule has 2 heterocycles. The van der Waals surface area contributed by atoms with Crippen LogP contribution in [0.2, 0.25) is 0 Å². The van der Waals surface area contributed by atoms with Crippen LogP contribution in [0.1, 0.15) is 11.1 Å². The molecule has 0 aliphatic carbocycles. The van der Waals surface area contributed by atoms with Crippen molar-refractivity contribution in [2.75, 3.05) is 5.32 Å². The van der Waals surface area contributed by atoms with Crippen molar-refractivity contribution in [2.24, 2.45) is 5.73 Å². The van der Waals surface area contributed by atoms with Gasteiger partial charge in [-0.3, -0.25) is 4.79 Å². The number of rotatable bonds is 0. The lowest BCUT2D eigenvalue weighted by molar-refractivity contribution is -0.118. The number of hydrogen-bond acceptors (Lipinski definition) is 5. The van der Waals surface area contributed by atoms with Crippen LogP contribution in [0.3, 0.4) is 0 Å². The summed E-state index contributed by atoms with van der Waals surface area (Å²) < 4.78 is 6.24. The van der Waals surface area contributed by atoms with Gasteiger partial charge >= 0.3 is 0 Å². The average Bonchev–Trinajstić information content (AvgIpc) is 2.81. The SMILES string of the molecule is N#CC1=C(N)Oc2cc(O)ccc2[C@@]12C(=O)Nc1ccc(Br)cc12. The number of nitrogens with two attached hydrogens (primary N) is 1. The maximum Gasteiger partial charge on any atom is 0.245 e. The number of amides is 1. The number of nitrogens with zero attached hydrogens (tertiary/aromatic N) is 1. The van der Waals surface area contributed by atoms with Gasteiger partial charge in [0.2, 0.25) is 11.8 Å². The maximum atomic E-state index is 13.0. The summed E-state index contributed by atoms with van der Waals surface area (Å²) in [4.78, 5) is 13.0. The quantitative estimate of drug-likeness (QED) is 0.647. The first kappa shape index (κ1) is 14.6. The third kappa shape index (κ3) is 1.66. The lowest BCUT2D eigenvalue weighted by Gasteiger charge is -2.33. The highest BCUT2D eigenvalue weighted by Crippen LogP contribution is 2.54. The molecule has 4 rings (SSSR count). The number of nitrogens with one attached hydrogen (secondary N) is 1. The Labute approximate surface area is 145 Å². The Morgan fingerprint density at radius 3 is 2.79 bits per heavy atom. The van der Waals surface area contributed by atoms with E-state index in [9.17, 15) is 15.2 Å². The molecule has 118 valence electrons. The normalized spacial score (nSPS) is 20.9. The Morgan fingerprint density at radius 2 is 2.04 bits per heavy atom. The second-order valence-electron chi connectivity index (χ2n) is 5.53. The van der Waals surface area contributed by atoms with Crippen molar-refractivity contribution >= 4 is 27.5 Å². The molecule has 0 aromatic heterocycles. The van der Waals surface area contributed by atoms with Crippen molar-refractivity contribution in [1.29, 1.82) is 5.26 Å². The van der Waals surface area contributed by atoms with Crippen molar-refractivity contribution in [3.8, 4) is 17.6 Å². The zero-order valence-corrected chi connectivity index (χ0v) is 13.7. The number of anilines is 1. The predicted molar refractivity (Wildman–Crippen MR) is 89.1 cm³/mol. The van der Waals surface area contributed by atoms with E-state index >= 15 is 0 Å². The van der Waals surface area contributed by atoms with Crippen molar-refractivity contribution in [2.45, 2.75) is 5.41 Å². The van der Waals surface area contributed by atoms with Gasteiger partial charge in [-0.05, 0) is 30.3 Å². The summed E-state index contributed by atoms with van der Waals surface area (Å²) >= 11 is 3.40. The van der Waals surface area contributed by atoms with Crippen molar-refractivity contribution in [3.05, 3.63) is 63.5 Å². The average molecular weight is 384 g/mol. The van der Waals surface area contributed by atoms with E-state index in [0.717, 1.165) is 4.47 Å². The number of carbonyl (C=O) groups excluding carboxylic acids is 1. The minimum atomic E-state index is -1.40. The fourth-order valence-corrected chi connectivity index (χ4v) is 3.68. The van der Waals surface area contributed by atoms with Crippen LogP contribution in [0.15, 0.2) is 52.3 Å². The van der Waals surface area contributed by atoms with E-state index < -0.39 is 5.41 Å². The van der Waals surface area contributed by atoms with Gasteiger partial charge in [0.1, 0.15) is 28.6 Å². The van der Waals surface area contributed by atoms with Crippen LogP contribution in [0.4, 0.5) is 5.69 Å². The lowest BCUT2D eigenvalue weighted by Crippen LogP contribution is -2.42. The number of ether oxygens (including phenoxy) is 1. The minimum Gasteiger partial charge on any atom is -0.508 e. The molecular formula is C17H10BrN3O3. The van der Waals surface area contributed by atoms with Gasteiger partial charge in [-0.2, -0.15) is 5.26 Å². The summed E-state index contributed by atoms with van der Waals surface area (Å²) in [6, 6.07) is 11.8. The van der Waals surface area contributed by atoms with E-state index in [-0.39, 0.29) is 28.9 Å². The number of phenolic OH excluding ortho intramolecular Hbond substituents is 1. The van der Waals surface area contributed by atoms with Crippen molar-refractivity contribution in [1.82, 2.24) is 0 Å². The zero-order chi connectivity index (χ0) is 17.1. The summed E-state index contributed by atoms with van der Waals surface area (Å²) in [5.41, 5.74) is 6.22. The number of halogens is 1. The number of fused-ring (bicyclic) bond motifs is 4. The fourth-order valence-electron chi connectivity index (χ4n) is 3.32. The molecule has 6 nitrogen and oxygen atoms in total. The first-order valence-electron chi connectivity index (χ1n) is 7.01. The Balaban J connectivity index is 2.16. The van der Waals surface area contributed by atoms with E-state index in [2.05, 4.69) is 21.2 Å². The van der Waals surface area contributed by atoms with Crippen LogP contribution in [0, 0.1) is 11.3 Å². The van der Waals surface area contributed by atoms with Gasteiger partial charge < -0.3 is 20.9 Å². The largest absolute Gasteiger partial charge is 0.508 e. The van der Waals surface area contributed by atoms with Crippen LogP contribution >= 0.6 is 15.9 Å². The molecule has 2 aliphatic rings. The highest BCUT2D eigenvalue weighted by atomic mass is 79.9. The van der Waals surface area contributed by atoms with Crippen LogP contribution in [0.5, 0.6) is 11.5 Å². The summed E-state index contributed by atoms with van der Waals surface area (Å²) in [6.07, 6.45) is 0. The number of hydrogen-bond donors (Lipinski definition) is 3. The van der Waals surface area contributed by atoms with Crippen LogP contribution < -0.4 is 15.8 Å². The van der Waals surface area contributed by atoms with Gasteiger partial charge in [-0.15, -0.1) is 0 Å². The second kappa shape index (κ2) is 4.76. The van der Waals surface area contributed by atoms with Crippen molar-refractivity contribution < 1.29 is 14.6 Å². The van der Waals surface area contributed by atoms with Gasteiger partial charge in [-0.25, -0.2) is 0 Å². The molecule has 0 saturated heterocycles. The van der Waals surface area contributed by atoms with E-state index in [1.54, 1.807) is 24.3 Å². The second-order valence-corrected chi connectivity index (χ2v) is 6.44. The summed E-state index contributed by atoms with van der Waals surface area (Å²) in [6.45, 7) is 0. The highest BCUT2D eigenvalue weighted by Gasteiger charge is 2.56. The van der Waals surface area contributed by atoms with Gasteiger partial charge in [-0.1, -0.05) is 15.9 Å². The molecular weight excluding hydrogens is 374 g/mol. The molecule has 0 radical (unpaired) electrons. The van der Waals surface area contributed by atoms with Gasteiger partial charge in [0, 0.05) is 27.4 Å². The maximum absolute atomic E-state index is 13.0. The van der Waals surface area contributed by atoms with Gasteiger partial charge in [0.05, 0.1) is 0 Å². The summed E-state index contributed by atoms with van der Waals surface area (Å²) in [5.74, 6) is -0.316. The van der Waals surface area contributed by atoms with Crippen LogP contribution in [-0.2, 0) is 10.2 Å². The van der Waals surface area contributed by atoms with E-state index in [0.29, 0.717) is 16.8 Å². The number of carbonyl (C=O) groups is 1. The topological polar surface area (TPSA) is 108 Å². The summed E-state index contributed by atoms with van der Waals surface area (Å²) in [7, 11) is 0. The smallest absolute Gasteiger partial charge is 0.245 e. The molecule has 1 spiro atoms. The van der Waals surface area contributed by atoms with E-state index in [1.807, 2.05) is 6.07 Å². The Bertz CT molecular complexity index is 993. The first-order valence-corrected chi connectivity index (χ1v) is 7.81. The lowest BCUT2D eigenvalue weighted by atomic mass is 9.69. The molecule has 1 amide bonds. The molecule has 7 heteroatoms. The fraction of sp³-hybridized carbons (Fsp3) is 0.0588. The molecule has 0 fully saturated rings. The minimum absolute atomic E-state index is 0.0232. The molecule has 0 bridgehead atoms. The van der Waals surface area contributed by atoms with Crippen molar-refractivity contribution in [3.63, 3.8) is 0 Å². The Kier molecular flexibility index (Phi) is 2.89. The number of nitriles is 1. The van der Waals surface area contributed by atoms with Gasteiger partial charge in [0.15, 0.2) is 0 Å². The third-order valence-corrected chi connectivity index (χ3v) is 4.79. The molecule has 0 unspecified atom stereocenters. The molecule has 2 aromatic rings. The monoisotopic (exact) mass is 383 g/mol. The highest BCUT2D eigenvalue weighted by molar-refractivity contribution is 9.10. The predicted octanol–water partition coefficient (Wildman–Crippen LogP) is 2.48. The third-order valence-electron chi connectivity index (χ3n) is 4.30. The van der Waals surface area contributed by atoms with Gasteiger partial charge in [0.25, 0.3) is 0 Å². The molecule has 24 heavy (non-hydrogen) atoms. The molecule has 2 aromatic carbocycles. The molecule has 1 atom stereocenters.